The Morgan fingerprint density at radius 1 is 1.45 bits per heavy atom. The Labute approximate surface area is 121 Å². The van der Waals surface area contributed by atoms with E-state index in [-0.39, 0.29) is 11.9 Å². The normalized spacial score (nSPS) is 12.4. The maximum absolute atomic E-state index is 12.3. The third-order valence-corrected chi connectivity index (χ3v) is 3.41. The van der Waals surface area contributed by atoms with E-state index in [0.717, 1.165) is 24.3 Å². The maximum atomic E-state index is 12.3. The number of carbonyl (C=O) groups is 1. The van der Waals surface area contributed by atoms with Crippen molar-refractivity contribution in [2.75, 3.05) is 32.1 Å². The van der Waals surface area contributed by atoms with Gasteiger partial charge in [0.25, 0.3) is 0 Å². The zero-order chi connectivity index (χ0) is 15.0. The molecule has 0 spiro atoms. The average Bonchev–Trinajstić information content (AvgIpc) is 2.48. The molecule has 1 aromatic carbocycles. The van der Waals surface area contributed by atoms with Crippen LogP contribution >= 0.6 is 0 Å². The summed E-state index contributed by atoms with van der Waals surface area (Å²) < 4.78 is 5.07. The number of ether oxygens (including phenoxy) is 1. The van der Waals surface area contributed by atoms with Gasteiger partial charge in [-0.15, -0.1) is 0 Å². The number of anilines is 1. The van der Waals surface area contributed by atoms with E-state index in [2.05, 4.69) is 10.2 Å². The molecule has 0 aromatic heterocycles. The molecule has 0 fully saturated rings. The van der Waals surface area contributed by atoms with E-state index in [4.69, 9.17) is 10.5 Å². The van der Waals surface area contributed by atoms with Gasteiger partial charge < -0.3 is 15.8 Å². The second kappa shape index (κ2) is 8.68. The van der Waals surface area contributed by atoms with Crippen molar-refractivity contribution in [1.29, 1.82) is 0 Å². The van der Waals surface area contributed by atoms with E-state index >= 15 is 0 Å². The Hall–Kier alpha value is -1.43. The summed E-state index contributed by atoms with van der Waals surface area (Å²) in [5, 5.41) is 2.95. The van der Waals surface area contributed by atoms with Crippen LogP contribution in [0, 0.1) is 0 Å². The largest absolute Gasteiger partial charge is 0.383 e. The summed E-state index contributed by atoms with van der Waals surface area (Å²) >= 11 is 0. The van der Waals surface area contributed by atoms with E-state index in [1.807, 2.05) is 38.1 Å². The van der Waals surface area contributed by atoms with Crippen LogP contribution in [0.25, 0.3) is 0 Å². The molecule has 0 heterocycles. The maximum Gasteiger partial charge on any atom is 0.241 e. The smallest absolute Gasteiger partial charge is 0.241 e. The number of methoxy groups -OCH3 is 1. The molecular weight excluding hydrogens is 254 g/mol. The van der Waals surface area contributed by atoms with E-state index in [0.29, 0.717) is 13.2 Å². The molecule has 0 aliphatic carbocycles. The number of hydrogen-bond acceptors (Lipinski definition) is 4. The lowest BCUT2D eigenvalue weighted by Crippen LogP contribution is -2.43. The average molecular weight is 279 g/mol. The van der Waals surface area contributed by atoms with Crippen molar-refractivity contribution in [2.24, 2.45) is 5.73 Å². The Bertz CT molecular complexity index is 423. The van der Waals surface area contributed by atoms with Crippen LogP contribution in [0.15, 0.2) is 24.3 Å². The van der Waals surface area contributed by atoms with Crippen LogP contribution in [0.2, 0.25) is 0 Å². The standard InChI is InChI=1S/C15H25N3O2/c1-4-18(9-10-20-3)12(2)15(19)17-14-8-6-5-7-13(14)11-16/h5-8,12H,4,9-11,16H2,1-3H3,(H,17,19). The van der Waals surface area contributed by atoms with E-state index in [9.17, 15) is 4.79 Å². The molecule has 1 atom stereocenters. The molecule has 0 saturated carbocycles. The van der Waals surface area contributed by atoms with Gasteiger partial charge in [-0.3, -0.25) is 9.69 Å². The van der Waals surface area contributed by atoms with Crippen molar-refractivity contribution >= 4 is 11.6 Å². The second-order valence-corrected chi connectivity index (χ2v) is 4.65. The second-order valence-electron chi connectivity index (χ2n) is 4.65. The zero-order valence-electron chi connectivity index (χ0n) is 12.6. The van der Waals surface area contributed by atoms with Gasteiger partial charge in [-0.05, 0) is 25.1 Å². The fourth-order valence-electron chi connectivity index (χ4n) is 2.06. The van der Waals surface area contributed by atoms with Crippen LogP contribution in [0.4, 0.5) is 5.69 Å². The summed E-state index contributed by atoms with van der Waals surface area (Å²) in [5.41, 5.74) is 7.40. The first-order valence-corrected chi connectivity index (χ1v) is 6.95. The summed E-state index contributed by atoms with van der Waals surface area (Å²) in [6, 6.07) is 7.39. The number of rotatable bonds is 8. The molecule has 0 aliphatic rings. The van der Waals surface area contributed by atoms with Crippen LogP contribution < -0.4 is 11.1 Å². The lowest BCUT2D eigenvalue weighted by molar-refractivity contribution is -0.120. The highest BCUT2D eigenvalue weighted by Crippen LogP contribution is 2.15. The van der Waals surface area contributed by atoms with E-state index in [1.54, 1.807) is 7.11 Å². The number of carbonyl (C=O) groups excluding carboxylic acids is 1. The summed E-state index contributed by atoms with van der Waals surface area (Å²) in [6.45, 7) is 6.50. The summed E-state index contributed by atoms with van der Waals surface area (Å²) in [6.07, 6.45) is 0. The predicted molar refractivity (Wildman–Crippen MR) is 81.5 cm³/mol. The molecule has 5 heteroatoms. The fourth-order valence-corrected chi connectivity index (χ4v) is 2.06. The molecule has 1 rings (SSSR count). The van der Waals surface area contributed by atoms with Crippen LogP contribution in [0.3, 0.4) is 0 Å². The third-order valence-electron chi connectivity index (χ3n) is 3.41. The van der Waals surface area contributed by atoms with Crippen molar-refractivity contribution in [3.05, 3.63) is 29.8 Å². The fraction of sp³-hybridized carbons (Fsp3) is 0.533. The Morgan fingerprint density at radius 2 is 2.15 bits per heavy atom. The minimum absolute atomic E-state index is 0.0242. The third kappa shape index (κ3) is 4.59. The van der Waals surface area contributed by atoms with Gasteiger partial charge in [-0.2, -0.15) is 0 Å². The van der Waals surface area contributed by atoms with E-state index in [1.165, 1.54) is 0 Å². The van der Waals surface area contributed by atoms with Gasteiger partial charge in [-0.25, -0.2) is 0 Å². The Morgan fingerprint density at radius 3 is 2.75 bits per heavy atom. The molecule has 5 nitrogen and oxygen atoms in total. The number of likely N-dealkylation sites (N-methyl/N-ethyl adjacent to an activating group) is 1. The lowest BCUT2D eigenvalue weighted by atomic mass is 10.1. The van der Waals surface area contributed by atoms with Crippen molar-refractivity contribution in [2.45, 2.75) is 26.4 Å². The Balaban J connectivity index is 2.69. The van der Waals surface area contributed by atoms with Crippen LogP contribution in [0.5, 0.6) is 0 Å². The minimum Gasteiger partial charge on any atom is -0.383 e. The number of nitrogens with two attached hydrogens (primary N) is 1. The van der Waals surface area contributed by atoms with E-state index < -0.39 is 0 Å². The molecule has 1 unspecified atom stereocenters. The SMILES string of the molecule is CCN(CCOC)C(C)C(=O)Nc1ccccc1CN. The van der Waals surface area contributed by atoms with Crippen molar-refractivity contribution in [3.63, 3.8) is 0 Å². The minimum atomic E-state index is -0.207. The predicted octanol–water partition coefficient (Wildman–Crippen LogP) is 1.44. The summed E-state index contributed by atoms with van der Waals surface area (Å²) in [4.78, 5) is 14.4. The zero-order valence-corrected chi connectivity index (χ0v) is 12.6. The first-order chi connectivity index (χ1) is 9.63. The summed E-state index contributed by atoms with van der Waals surface area (Å²) in [5.74, 6) is -0.0242. The monoisotopic (exact) mass is 279 g/mol. The number of nitrogens with one attached hydrogen (secondary N) is 1. The first-order valence-electron chi connectivity index (χ1n) is 6.95. The first kappa shape index (κ1) is 16.6. The van der Waals surface area contributed by atoms with Crippen molar-refractivity contribution < 1.29 is 9.53 Å². The van der Waals surface area contributed by atoms with Crippen molar-refractivity contribution in [1.82, 2.24) is 4.90 Å². The molecule has 112 valence electrons. The van der Waals surface area contributed by atoms with Gasteiger partial charge in [0.1, 0.15) is 0 Å². The lowest BCUT2D eigenvalue weighted by Gasteiger charge is -2.26. The molecule has 20 heavy (non-hydrogen) atoms. The van der Waals surface area contributed by atoms with Gasteiger partial charge in [0.2, 0.25) is 5.91 Å². The number of nitrogens with zero attached hydrogens (tertiary/aromatic N) is 1. The Kier molecular flexibility index (Phi) is 7.22. The van der Waals surface area contributed by atoms with Gasteiger partial charge in [0.15, 0.2) is 0 Å². The van der Waals surface area contributed by atoms with Crippen LogP contribution in [0.1, 0.15) is 19.4 Å². The summed E-state index contributed by atoms with van der Waals surface area (Å²) in [7, 11) is 1.66. The molecule has 1 aromatic rings. The van der Waals surface area contributed by atoms with Crippen LogP contribution in [-0.2, 0) is 16.1 Å². The highest BCUT2D eigenvalue weighted by Gasteiger charge is 2.20. The molecule has 3 N–H and O–H groups in total. The van der Waals surface area contributed by atoms with Gasteiger partial charge in [0.05, 0.1) is 12.6 Å². The quantitative estimate of drug-likeness (QED) is 0.755. The molecule has 1 amide bonds. The number of benzene rings is 1. The highest BCUT2D eigenvalue weighted by molar-refractivity contribution is 5.95. The highest BCUT2D eigenvalue weighted by atomic mass is 16.5. The molecule has 0 saturated heterocycles. The number of hydrogen-bond donors (Lipinski definition) is 2. The van der Waals surface area contributed by atoms with Gasteiger partial charge in [-0.1, -0.05) is 25.1 Å². The molecular formula is C15H25N3O2. The van der Waals surface area contributed by atoms with Crippen LogP contribution in [-0.4, -0.2) is 43.7 Å². The molecule has 0 bridgehead atoms. The molecule has 0 radical (unpaired) electrons. The van der Waals surface area contributed by atoms with Crippen molar-refractivity contribution in [3.8, 4) is 0 Å². The van der Waals surface area contributed by atoms with Gasteiger partial charge >= 0.3 is 0 Å². The number of amides is 1. The number of para-hydroxylation sites is 1. The van der Waals surface area contributed by atoms with Gasteiger partial charge in [0, 0.05) is 25.9 Å². The molecule has 0 aliphatic heterocycles. The topological polar surface area (TPSA) is 67.6 Å².